The first-order valence-electron chi connectivity index (χ1n) is 7.09. The highest BCUT2D eigenvalue weighted by molar-refractivity contribution is 5.84. The molecule has 0 spiro atoms. The second kappa shape index (κ2) is 5.09. The predicted octanol–water partition coefficient (Wildman–Crippen LogP) is 3.22. The van der Waals surface area contributed by atoms with E-state index in [1.807, 2.05) is 0 Å². The Morgan fingerprint density at radius 3 is 2.67 bits per heavy atom. The third-order valence-electron chi connectivity index (χ3n) is 4.10. The summed E-state index contributed by atoms with van der Waals surface area (Å²) in [7, 11) is 0. The maximum absolute atomic E-state index is 13.3. The number of rotatable bonds is 3. The van der Waals surface area contributed by atoms with E-state index in [9.17, 15) is 13.6 Å². The van der Waals surface area contributed by atoms with Crippen LogP contribution in [0.3, 0.4) is 0 Å². The summed E-state index contributed by atoms with van der Waals surface area (Å²) in [5.41, 5.74) is -0.110. The normalized spacial score (nSPS) is 17.3. The van der Waals surface area contributed by atoms with E-state index in [4.69, 9.17) is 4.74 Å². The third-order valence-corrected chi connectivity index (χ3v) is 4.10. The average Bonchev–Trinajstić information content (AvgIpc) is 3.07. The first-order valence-corrected chi connectivity index (χ1v) is 7.09. The van der Waals surface area contributed by atoms with Crippen LogP contribution >= 0.6 is 0 Å². The number of imidazole rings is 1. The van der Waals surface area contributed by atoms with Crippen molar-refractivity contribution < 1.29 is 18.3 Å². The molecule has 1 fully saturated rings. The van der Waals surface area contributed by atoms with Crippen LogP contribution in [0.2, 0.25) is 0 Å². The van der Waals surface area contributed by atoms with Gasteiger partial charge in [-0.15, -0.1) is 0 Å². The molecule has 0 amide bonds. The number of halogens is 2. The molecule has 21 heavy (non-hydrogen) atoms. The topological polar surface area (TPSA) is 55.0 Å². The van der Waals surface area contributed by atoms with Gasteiger partial charge in [-0.1, -0.05) is 12.8 Å². The van der Waals surface area contributed by atoms with Crippen molar-refractivity contribution in [2.75, 3.05) is 6.61 Å². The fourth-order valence-corrected chi connectivity index (χ4v) is 3.02. The Morgan fingerprint density at radius 2 is 2.00 bits per heavy atom. The van der Waals surface area contributed by atoms with E-state index >= 15 is 0 Å². The molecular weight excluding hydrogens is 278 g/mol. The number of carbonyl (C=O) groups is 1. The monoisotopic (exact) mass is 294 g/mol. The van der Waals surface area contributed by atoms with Gasteiger partial charge in [-0.2, -0.15) is 0 Å². The summed E-state index contributed by atoms with van der Waals surface area (Å²) in [5, 5.41) is 0. The summed E-state index contributed by atoms with van der Waals surface area (Å²) >= 11 is 0. The maximum Gasteiger partial charge on any atom is 0.319 e. The molecule has 0 radical (unpaired) electrons. The summed E-state index contributed by atoms with van der Waals surface area (Å²) < 4.78 is 31.8. The van der Waals surface area contributed by atoms with Gasteiger partial charge in [0.15, 0.2) is 11.6 Å². The molecule has 2 aromatic rings. The highest BCUT2D eigenvalue weighted by Crippen LogP contribution is 2.41. The molecule has 112 valence electrons. The van der Waals surface area contributed by atoms with E-state index in [1.54, 1.807) is 6.92 Å². The largest absolute Gasteiger partial charge is 0.465 e. The zero-order valence-electron chi connectivity index (χ0n) is 11.7. The molecule has 4 nitrogen and oxygen atoms in total. The molecule has 3 rings (SSSR count). The van der Waals surface area contributed by atoms with Crippen LogP contribution in [-0.4, -0.2) is 22.5 Å². The van der Waals surface area contributed by atoms with Crippen molar-refractivity contribution in [3.8, 4) is 0 Å². The summed E-state index contributed by atoms with van der Waals surface area (Å²) in [6.07, 6.45) is 3.07. The molecule has 1 heterocycles. The molecule has 1 aliphatic carbocycles. The Bertz CT molecular complexity index is 651. The summed E-state index contributed by atoms with van der Waals surface area (Å²) in [4.78, 5) is 19.6. The Balaban J connectivity index is 2.10. The van der Waals surface area contributed by atoms with Crippen molar-refractivity contribution >= 4 is 17.0 Å². The van der Waals surface area contributed by atoms with Gasteiger partial charge in [0.2, 0.25) is 0 Å². The van der Waals surface area contributed by atoms with Crippen LogP contribution in [0.15, 0.2) is 12.1 Å². The quantitative estimate of drug-likeness (QED) is 0.884. The van der Waals surface area contributed by atoms with Gasteiger partial charge in [0.1, 0.15) is 11.2 Å². The second-order valence-corrected chi connectivity index (χ2v) is 5.38. The molecule has 0 unspecified atom stereocenters. The van der Waals surface area contributed by atoms with Crippen LogP contribution in [0.4, 0.5) is 8.78 Å². The highest BCUT2D eigenvalue weighted by atomic mass is 19.2. The number of hydrogen-bond acceptors (Lipinski definition) is 3. The Labute approximate surface area is 120 Å². The average molecular weight is 294 g/mol. The van der Waals surface area contributed by atoms with E-state index in [0.717, 1.165) is 25.0 Å². The van der Waals surface area contributed by atoms with Gasteiger partial charge < -0.3 is 9.72 Å². The number of aromatic amines is 1. The number of hydrogen-bond donors (Lipinski definition) is 1. The van der Waals surface area contributed by atoms with E-state index in [-0.39, 0.29) is 5.97 Å². The third kappa shape index (κ3) is 2.18. The van der Waals surface area contributed by atoms with Crippen LogP contribution in [0.5, 0.6) is 0 Å². The van der Waals surface area contributed by atoms with Crippen LogP contribution < -0.4 is 0 Å². The predicted molar refractivity (Wildman–Crippen MR) is 72.8 cm³/mol. The van der Waals surface area contributed by atoms with Crippen molar-refractivity contribution in [2.45, 2.75) is 38.0 Å². The Morgan fingerprint density at radius 1 is 1.33 bits per heavy atom. The van der Waals surface area contributed by atoms with Crippen LogP contribution in [0.1, 0.15) is 38.4 Å². The SMILES string of the molecule is CCOC(=O)C1(c2nc3cc(F)c(F)cc3[nH]2)CCCC1. The molecule has 1 aromatic carbocycles. The molecule has 1 aromatic heterocycles. The standard InChI is InChI=1S/C15H16F2N2O2/c1-2-21-14(20)15(5-3-4-6-15)13-18-11-7-9(16)10(17)8-12(11)19-13/h7-8H,2-6H2,1H3,(H,18,19). The van der Waals surface area contributed by atoms with E-state index in [1.165, 1.54) is 0 Å². The van der Waals surface area contributed by atoms with Crippen LogP contribution in [0.25, 0.3) is 11.0 Å². The fourth-order valence-electron chi connectivity index (χ4n) is 3.02. The lowest BCUT2D eigenvalue weighted by Crippen LogP contribution is -2.35. The minimum Gasteiger partial charge on any atom is -0.465 e. The molecule has 0 saturated heterocycles. The molecule has 0 atom stereocenters. The Hall–Kier alpha value is -1.98. The maximum atomic E-state index is 13.3. The molecule has 1 saturated carbocycles. The van der Waals surface area contributed by atoms with Gasteiger partial charge in [0.05, 0.1) is 17.6 Å². The fraction of sp³-hybridized carbons (Fsp3) is 0.467. The molecule has 0 bridgehead atoms. The number of benzene rings is 1. The number of esters is 1. The van der Waals surface area contributed by atoms with Gasteiger partial charge in [-0.05, 0) is 19.8 Å². The minimum atomic E-state index is -0.947. The molecule has 6 heteroatoms. The summed E-state index contributed by atoms with van der Waals surface area (Å²) in [5.74, 6) is -1.76. The number of fused-ring (bicyclic) bond motifs is 1. The van der Waals surface area contributed by atoms with Crippen molar-refractivity contribution in [3.63, 3.8) is 0 Å². The number of H-pyrrole nitrogens is 1. The van der Waals surface area contributed by atoms with Gasteiger partial charge in [-0.3, -0.25) is 4.79 Å². The van der Waals surface area contributed by atoms with Gasteiger partial charge in [0, 0.05) is 12.1 Å². The molecular formula is C15H16F2N2O2. The smallest absolute Gasteiger partial charge is 0.319 e. The van der Waals surface area contributed by atoms with Crippen LogP contribution in [-0.2, 0) is 14.9 Å². The second-order valence-electron chi connectivity index (χ2n) is 5.38. The molecule has 0 aliphatic heterocycles. The van der Waals surface area contributed by atoms with E-state index in [2.05, 4.69) is 9.97 Å². The van der Waals surface area contributed by atoms with E-state index in [0.29, 0.717) is 36.3 Å². The van der Waals surface area contributed by atoms with Crippen LogP contribution in [0, 0.1) is 11.6 Å². The lowest BCUT2D eigenvalue weighted by atomic mass is 9.85. The van der Waals surface area contributed by atoms with E-state index < -0.39 is 17.0 Å². The lowest BCUT2D eigenvalue weighted by Gasteiger charge is -2.23. The first-order chi connectivity index (χ1) is 10.1. The molecule has 1 N–H and O–H groups in total. The number of carbonyl (C=O) groups excluding carboxylic acids is 1. The number of nitrogens with one attached hydrogen (secondary N) is 1. The Kier molecular flexibility index (Phi) is 3.39. The number of nitrogens with zero attached hydrogens (tertiary/aromatic N) is 1. The van der Waals surface area contributed by atoms with Crippen molar-refractivity contribution in [2.24, 2.45) is 0 Å². The van der Waals surface area contributed by atoms with Gasteiger partial charge in [-0.25, -0.2) is 13.8 Å². The molecule has 1 aliphatic rings. The van der Waals surface area contributed by atoms with Gasteiger partial charge in [0.25, 0.3) is 0 Å². The zero-order chi connectivity index (χ0) is 15.0. The zero-order valence-corrected chi connectivity index (χ0v) is 11.7. The van der Waals surface area contributed by atoms with Crippen molar-refractivity contribution in [1.82, 2.24) is 9.97 Å². The summed E-state index contributed by atoms with van der Waals surface area (Å²) in [6, 6.07) is 2.10. The van der Waals surface area contributed by atoms with Gasteiger partial charge >= 0.3 is 5.97 Å². The highest BCUT2D eigenvalue weighted by Gasteiger charge is 2.46. The van der Waals surface area contributed by atoms with Crippen molar-refractivity contribution in [3.05, 3.63) is 29.6 Å². The number of ether oxygens (including phenoxy) is 1. The summed E-state index contributed by atoms with van der Waals surface area (Å²) in [6.45, 7) is 2.05. The minimum absolute atomic E-state index is 0.296. The number of aromatic nitrogens is 2. The van der Waals surface area contributed by atoms with Crippen molar-refractivity contribution in [1.29, 1.82) is 0 Å². The lowest BCUT2D eigenvalue weighted by molar-refractivity contribution is -0.150. The first kappa shape index (κ1) is 14.0.